The molecule has 128 valence electrons. The zero-order chi connectivity index (χ0) is 16.9. The molecule has 1 aromatic rings. The second-order valence-electron chi connectivity index (χ2n) is 6.74. The number of benzene rings is 1. The maximum absolute atomic E-state index is 12.4. The fraction of sp³-hybridized carbons (Fsp3) is 0.611. The van der Waals surface area contributed by atoms with Crippen LogP contribution in [0.25, 0.3) is 0 Å². The second-order valence-corrected chi connectivity index (χ2v) is 6.74. The summed E-state index contributed by atoms with van der Waals surface area (Å²) in [6, 6.07) is 10.1. The molecule has 2 rings (SSSR count). The molecule has 1 aliphatic heterocycles. The van der Waals surface area contributed by atoms with Gasteiger partial charge in [0, 0.05) is 25.6 Å². The Morgan fingerprint density at radius 1 is 1.39 bits per heavy atom. The largest absolute Gasteiger partial charge is 0.390 e. The van der Waals surface area contributed by atoms with Crippen molar-refractivity contribution in [3.05, 3.63) is 35.9 Å². The number of likely N-dealkylation sites (tertiary alicyclic amines) is 1. The van der Waals surface area contributed by atoms with Crippen LogP contribution >= 0.6 is 0 Å². The van der Waals surface area contributed by atoms with Crippen molar-refractivity contribution in [3.8, 4) is 0 Å². The number of carbonyl (C=O) groups excluding carboxylic acids is 1. The molecule has 1 aliphatic rings. The quantitative estimate of drug-likeness (QED) is 0.729. The van der Waals surface area contributed by atoms with Gasteiger partial charge in [0.1, 0.15) is 5.60 Å². The van der Waals surface area contributed by atoms with Gasteiger partial charge in [0.2, 0.25) is 5.91 Å². The van der Waals surface area contributed by atoms with Crippen molar-refractivity contribution in [2.24, 2.45) is 0 Å². The minimum absolute atomic E-state index is 0.0312. The van der Waals surface area contributed by atoms with E-state index in [0.29, 0.717) is 25.8 Å². The van der Waals surface area contributed by atoms with Crippen molar-refractivity contribution >= 4 is 5.91 Å². The Hall–Kier alpha value is -1.43. The van der Waals surface area contributed by atoms with E-state index in [-0.39, 0.29) is 25.0 Å². The Balaban J connectivity index is 1.90. The predicted octanol–water partition coefficient (Wildman–Crippen LogP) is 0.941. The third-order valence-electron chi connectivity index (χ3n) is 4.40. The van der Waals surface area contributed by atoms with Crippen molar-refractivity contribution in [2.45, 2.75) is 50.9 Å². The lowest BCUT2D eigenvalue weighted by Gasteiger charge is -2.43. The topological polar surface area (TPSA) is 72.8 Å². The van der Waals surface area contributed by atoms with Gasteiger partial charge in [0.05, 0.1) is 12.6 Å². The van der Waals surface area contributed by atoms with Gasteiger partial charge in [-0.05, 0) is 18.4 Å². The smallest absolute Gasteiger partial charge is 0.223 e. The van der Waals surface area contributed by atoms with Crippen LogP contribution in [0.1, 0.15) is 32.3 Å². The molecule has 0 spiro atoms. The summed E-state index contributed by atoms with van der Waals surface area (Å²) in [6.45, 7) is 4.94. The van der Waals surface area contributed by atoms with E-state index in [1.807, 2.05) is 44.2 Å². The Labute approximate surface area is 138 Å². The van der Waals surface area contributed by atoms with E-state index in [1.165, 1.54) is 0 Å². The summed E-state index contributed by atoms with van der Waals surface area (Å²) in [5, 5.41) is 24.0. The molecule has 1 saturated heterocycles. The summed E-state index contributed by atoms with van der Waals surface area (Å²) in [6.07, 6.45) is 0.731. The lowest BCUT2D eigenvalue weighted by molar-refractivity contribution is -0.151. The van der Waals surface area contributed by atoms with Crippen molar-refractivity contribution in [3.63, 3.8) is 0 Å². The maximum Gasteiger partial charge on any atom is 0.223 e. The number of rotatable bonds is 6. The molecule has 1 aromatic carbocycles. The lowest BCUT2D eigenvalue weighted by Crippen LogP contribution is -2.62. The van der Waals surface area contributed by atoms with Crippen molar-refractivity contribution in [1.82, 2.24) is 10.2 Å². The molecule has 0 saturated carbocycles. The Kier molecular flexibility index (Phi) is 6.16. The number of hydrogen-bond acceptors (Lipinski definition) is 4. The van der Waals surface area contributed by atoms with Gasteiger partial charge in [-0.25, -0.2) is 0 Å². The third kappa shape index (κ3) is 5.03. The number of aryl methyl sites for hydroxylation is 1. The molecule has 5 heteroatoms. The molecule has 0 radical (unpaired) electrons. The third-order valence-corrected chi connectivity index (χ3v) is 4.40. The Morgan fingerprint density at radius 3 is 2.74 bits per heavy atom. The standard InChI is InChI=1S/C18H28N2O3/c1-14(2)19-12-18(23)13-20(11-10-16(18)21)17(22)9-8-15-6-4-3-5-7-15/h3-7,14,16,19,21,23H,8-13H2,1-2H3/t16-,18+/m1/s1. The minimum Gasteiger partial charge on any atom is -0.390 e. The molecule has 1 amide bonds. The number of nitrogens with one attached hydrogen (secondary N) is 1. The fourth-order valence-electron chi connectivity index (χ4n) is 2.88. The molecular weight excluding hydrogens is 292 g/mol. The van der Waals surface area contributed by atoms with E-state index >= 15 is 0 Å². The molecule has 0 aromatic heterocycles. The lowest BCUT2D eigenvalue weighted by atomic mass is 9.89. The summed E-state index contributed by atoms with van der Waals surface area (Å²) >= 11 is 0. The number of nitrogens with zero attached hydrogens (tertiary/aromatic N) is 1. The first-order valence-corrected chi connectivity index (χ1v) is 8.36. The predicted molar refractivity (Wildman–Crippen MR) is 90.1 cm³/mol. The summed E-state index contributed by atoms with van der Waals surface area (Å²) in [4.78, 5) is 14.1. The Bertz CT molecular complexity index is 506. The highest BCUT2D eigenvalue weighted by molar-refractivity contribution is 5.76. The molecule has 0 unspecified atom stereocenters. The van der Waals surface area contributed by atoms with Crippen LogP contribution in [-0.4, -0.2) is 58.4 Å². The van der Waals surface area contributed by atoms with E-state index < -0.39 is 11.7 Å². The molecule has 0 aliphatic carbocycles. The van der Waals surface area contributed by atoms with Gasteiger partial charge in [0.25, 0.3) is 0 Å². The first-order valence-electron chi connectivity index (χ1n) is 8.36. The fourth-order valence-corrected chi connectivity index (χ4v) is 2.88. The zero-order valence-electron chi connectivity index (χ0n) is 14.0. The van der Waals surface area contributed by atoms with Crippen molar-refractivity contribution in [1.29, 1.82) is 0 Å². The van der Waals surface area contributed by atoms with E-state index in [4.69, 9.17) is 0 Å². The molecule has 2 atom stereocenters. The first-order chi connectivity index (χ1) is 10.9. The molecule has 5 nitrogen and oxygen atoms in total. The van der Waals surface area contributed by atoms with Gasteiger partial charge in [-0.15, -0.1) is 0 Å². The van der Waals surface area contributed by atoms with Crippen LogP contribution in [-0.2, 0) is 11.2 Å². The zero-order valence-corrected chi connectivity index (χ0v) is 14.0. The van der Waals surface area contributed by atoms with Crippen LogP contribution in [0, 0.1) is 0 Å². The van der Waals surface area contributed by atoms with Gasteiger partial charge in [-0.1, -0.05) is 44.2 Å². The average Bonchev–Trinajstić information content (AvgIpc) is 2.54. The number of hydrogen-bond donors (Lipinski definition) is 3. The summed E-state index contributed by atoms with van der Waals surface area (Å²) in [5.74, 6) is 0.0312. The van der Waals surface area contributed by atoms with E-state index in [9.17, 15) is 15.0 Å². The highest BCUT2D eigenvalue weighted by Gasteiger charge is 2.42. The van der Waals surface area contributed by atoms with Gasteiger partial charge in [0.15, 0.2) is 0 Å². The Morgan fingerprint density at radius 2 is 2.09 bits per heavy atom. The molecule has 1 heterocycles. The monoisotopic (exact) mass is 320 g/mol. The van der Waals surface area contributed by atoms with Crippen LogP contribution in [0.4, 0.5) is 0 Å². The first kappa shape index (κ1) is 17.9. The van der Waals surface area contributed by atoms with Crippen LogP contribution in [0.15, 0.2) is 30.3 Å². The highest BCUT2D eigenvalue weighted by atomic mass is 16.3. The van der Waals surface area contributed by atoms with Crippen LogP contribution in [0.5, 0.6) is 0 Å². The van der Waals surface area contributed by atoms with Gasteiger partial charge in [-0.2, -0.15) is 0 Å². The molecule has 3 N–H and O–H groups in total. The molecule has 23 heavy (non-hydrogen) atoms. The van der Waals surface area contributed by atoms with Crippen LogP contribution < -0.4 is 5.32 Å². The minimum atomic E-state index is -1.27. The van der Waals surface area contributed by atoms with E-state index in [0.717, 1.165) is 5.56 Å². The van der Waals surface area contributed by atoms with Gasteiger partial charge < -0.3 is 20.4 Å². The van der Waals surface area contributed by atoms with Crippen molar-refractivity contribution < 1.29 is 15.0 Å². The van der Waals surface area contributed by atoms with Crippen LogP contribution in [0.3, 0.4) is 0 Å². The van der Waals surface area contributed by atoms with E-state index in [1.54, 1.807) is 4.90 Å². The normalized spacial score (nSPS) is 24.9. The number of aliphatic hydroxyl groups is 2. The van der Waals surface area contributed by atoms with Gasteiger partial charge in [-0.3, -0.25) is 4.79 Å². The number of carbonyl (C=O) groups is 1. The summed E-state index contributed by atoms with van der Waals surface area (Å²) in [5.41, 5.74) is -0.139. The van der Waals surface area contributed by atoms with Crippen molar-refractivity contribution in [2.75, 3.05) is 19.6 Å². The summed E-state index contributed by atoms with van der Waals surface area (Å²) < 4.78 is 0. The maximum atomic E-state index is 12.4. The number of aliphatic hydroxyl groups excluding tert-OH is 1. The highest BCUT2D eigenvalue weighted by Crippen LogP contribution is 2.22. The number of amides is 1. The molecule has 0 bridgehead atoms. The number of piperidine rings is 1. The van der Waals surface area contributed by atoms with E-state index in [2.05, 4.69) is 5.32 Å². The molecular formula is C18H28N2O3. The average molecular weight is 320 g/mol. The summed E-state index contributed by atoms with van der Waals surface area (Å²) in [7, 11) is 0. The SMILES string of the molecule is CC(C)NC[C@]1(O)CN(C(=O)CCc2ccccc2)CC[C@H]1O. The van der Waals surface area contributed by atoms with Gasteiger partial charge >= 0.3 is 0 Å². The number of β-amino-alcohol motifs (C(OH)–C–C–N with tert-alkyl or cyclic N) is 1. The molecule has 1 fully saturated rings. The van der Waals surface area contributed by atoms with Crippen LogP contribution in [0.2, 0.25) is 0 Å². The second kappa shape index (κ2) is 7.90.